The Morgan fingerprint density at radius 1 is 1.07 bits per heavy atom. The molecular formula is C7H12F3NO2S. The molecule has 0 fully saturated rings. The first-order valence-corrected chi connectivity index (χ1v) is 5.74. The summed E-state index contributed by atoms with van der Waals surface area (Å²) >= 11 is 0. The number of sulfonamides is 1. The Morgan fingerprint density at radius 3 is 2.07 bits per heavy atom. The summed E-state index contributed by atoms with van der Waals surface area (Å²) in [6, 6.07) is 0. The van der Waals surface area contributed by atoms with E-state index in [-0.39, 0.29) is 25.0 Å². The molecule has 0 atom stereocenters. The summed E-state index contributed by atoms with van der Waals surface area (Å²) in [6.45, 7) is 0. The van der Waals surface area contributed by atoms with Crippen molar-refractivity contribution in [2.24, 2.45) is 5.14 Å². The summed E-state index contributed by atoms with van der Waals surface area (Å²) in [4.78, 5) is 0. The second kappa shape index (κ2) is 6.02. The molecule has 0 bridgehead atoms. The maximum Gasteiger partial charge on any atom is 0.301 e. The molecule has 0 radical (unpaired) electrons. The summed E-state index contributed by atoms with van der Waals surface area (Å²) in [5, 5.41) is 4.69. The fraction of sp³-hybridized carbons (Fsp3) is 0.714. The SMILES string of the molecule is NS(=O)(=O)CCCCCC(F)=C(F)F. The van der Waals surface area contributed by atoms with E-state index in [1.54, 1.807) is 0 Å². The van der Waals surface area contributed by atoms with E-state index in [0.717, 1.165) is 0 Å². The van der Waals surface area contributed by atoms with E-state index in [9.17, 15) is 21.6 Å². The molecule has 0 aromatic rings. The van der Waals surface area contributed by atoms with Crippen LogP contribution in [-0.2, 0) is 10.0 Å². The smallest absolute Gasteiger partial charge is 0.229 e. The molecule has 0 saturated carbocycles. The molecule has 2 N–H and O–H groups in total. The summed E-state index contributed by atoms with van der Waals surface area (Å²) in [5.41, 5.74) is 0. The summed E-state index contributed by atoms with van der Waals surface area (Å²) in [7, 11) is -3.50. The summed E-state index contributed by atoms with van der Waals surface area (Å²) in [5.74, 6) is -1.63. The van der Waals surface area contributed by atoms with Gasteiger partial charge in [0.1, 0.15) is 0 Å². The first-order valence-electron chi connectivity index (χ1n) is 4.03. The van der Waals surface area contributed by atoms with Crippen LogP contribution >= 0.6 is 0 Å². The molecule has 0 aliphatic heterocycles. The molecule has 0 spiro atoms. The molecule has 0 aliphatic carbocycles. The van der Waals surface area contributed by atoms with Crippen LogP contribution < -0.4 is 5.14 Å². The topological polar surface area (TPSA) is 60.2 Å². The van der Waals surface area contributed by atoms with E-state index >= 15 is 0 Å². The number of unbranched alkanes of at least 4 members (excludes halogenated alkanes) is 2. The fourth-order valence-corrected chi connectivity index (χ4v) is 1.46. The van der Waals surface area contributed by atoms with Gasteiger partial charge < -0.3 is 0 Å². The minimum Gasteiger partial charge on any atom is -0.229 e. The fourth-order valence-electron chi connectivity index (χ4n) is 0.855. The lowest BCUT2D eigenvalue weighted by Crippen LogP contribution is -2.16. The Kier molecular flexibility index (Phi) is 5.78. The Morgan fingerprint density at radius 2 is 1.64 bits per heavy atom. The zero-order valence-electron chi connectivity index (χ0n) is 7.47. The van der Waals surface area contributed by atoms with Crippen molar-refractivity contribution in [3.63, 3.8) is 0 Å². The molecule has 0 rings (SSSR count). The molecule has 7 heteroatoms. The molecule has 0 heterocycles. The highest BCUT2D eigenvalue weighted by Gasteiger charge is 2.05. The molecule has 84 valence electrons. The predicted molar refractivity (Wildman–Crippen MR) is 46.8 cm³/mol. The quantitative estimate of drug-likeness (QED) is 0.710. The van der Waals surface area contributed by atoms with Gasteiger partial charge in [0, 0.05) is 6.42 Å². The first-order chi connectivity index (χ1) is 6.33. The van der Waals surface area contributed by atoms with E-state index in [1.165, 1.54) is 0 Å². The van der Waals surface area contributed by atoms with Crippen molar-refractivity contribution >= 4 is 10.0 Å². The Hall–Kier alpha value is -0.560. The monoisotopic (exact) mass is 231 g/mol. The van der Waals surface area contributed by atoms with Crippen molar-refractivity contribution in [3.05, 3.63) is 11.9 Å². The number of rotatable bonds is 6. The van der Waals surface area contributed by atoms with E-state index in [0.29, 0.717) is 6.42 Å². The third-order valence-electron chi connectivity index (χ3n) is 1.53. The molecule has 0 aliphatic rings. The number of allylic oxidation sites excluding steroid dienone is 1. The molecule has 0 aromatic heterocycles. The van der Waals surface area contributed by atoms with Crippen LogP contribution in [-0.4, -0.2) is 14.2 Å². The maximum atomic E-state index is 12.2. The second-order valence-corrected chi connectivity index (χ2v) is 4.58. The predicted octanol–water partition coefficient (Wildman–Crippen LogP) is 1.91. The van der Waals surface area contributed by atoms with Crippen molar-refractivity contribution < 1.29 is 21.6 Å². The third-order valence-corrected chi connectivity index (χ3v) is 2.39. The van der Waals surface area contributed by atoms with Gasteiger partial charge >= 0.3 is 6.08 Å². The van der Waals surface area contributed by atoms with Crippen LogP contribution in [0.3, 0.4) is 0 Å². The number of halogens is 3. The average Bonchev–Trinajstić information content (AvgIpc) is 2.01. The zero-order valence-corrected chi connectivity index (χ0v) is 8.29. The lowest BCUT2D eigenvalue weighted by molar-refractivity contribution is 0.367. The lowest BCUT2D eigenvalue weighted by Gasteiger charge is -1.98. The number of hydrogen-bond donors (Lipinski definition) is 1. The van der Waals surface area contributed by atoms with Gasteiger partial charge in [0.15, 0.2) is 5.83 Å². The average molecular weight is 231 g/mol. The second-order valence-electron chi connectivity index (χ2n) is 2.84. The van der Waals surface area contributed by atoms with Gasteiger partial charge in [-0.05, 0) is 12.8 Å². The molecule has 14 heavy (non-hydrogen) atoms. The lowest BCUT2D eigenvalue weighted by atomic mass is 10.2. The standard InChI is InChI=1S/C7H12F3NO2S/c8-6(7(9)10)4-2-1-3-5-14(11,12)13/h1-5H2,(H2,11,12,13). The van der Waals surface area contributed by atoms with Crippen molar-refractivity contribution in [2.45, 2.75) is 25.7 Å². The first kappa shape index (κ1) is 13.4. The van der Waals surface area contributed by atoms with Crippen molar-refractivity contribution in [1.82, 2.24) is 0 Å². The highest BCUT2D eigenvalue weighted by molar-refractivity contribution is 7.89. The van der Waals surface area contributed by atoms with Crippen LogP contribution in [0.2, 0.25) is 0 Å². The Bertz CT molecular complexity index is 296. The molecule has 0 amide bonds. The van der Waals surface area contributed by atoms with Crippen LogP contribution in [0.4, 0.5) is 13.2 Å². The van der Waals surface area contributed by atoms with E-state index in [2.05, 4.69) is 0 Å². The van der Waals surface area contributed by atoms with Crippen LogP contribution in [0.1, 0.15) is 25.7 Å². The maximum absolute atomic E-state index is 12.2. The van der Waals surface area contributed by atoms with Gasteiger partial charge in [0.05, 0.1) is 5.75 Å². The van der Waals surface area contributed by atoms with Gasteiger partial charge in [0.25, 0.3) is 0 Å². The van der Waals surface area contributed by atoms with Crippen molar-refractivity contribution in [2.75, 3.05) is 5.75 Å². The van der Waals surface area contributed by atoms with E-state index < -0.39 is 21.9 Å². The highest BCUT2D eigenvalue weighted by Crippen LogP contribution is 2.16. The highest BCUT2D eigenvalue weighted by atomic mass is 32.2. The molecule has 0 unspecified atom stereocenters. The summed E-state index contributed by atoms with van der Waals surface area (Å²) < 4.78 is 56.0. The molecule has 0 aromatic carbocycles. The van der Waals surface area contributed by atoms with Crippen LogP contribution in [0.5, 0.6) is 0 Å². The van der Waals surface area contributed by atoms with Crippen molar-refractivity contribution in [3.8, 4) is 0 Å². The van der Waals surface area contributed by atoms with Crippen LogP contribution in [0.15, 0.2) is 11.9 Å². The van der Waals surface area contributed by atoms with Gasteiger partial charge in [-0.25, -0.2) is 17.9 Å². The molecular weight excluding hydrogens is 219 g/mol. The Labute approximate surface area is 80.8 Å². The van der Waals surface area contributed by atoms with E-state index in [4.69, 9.17) is 5.14 Å². The number of nitrogens with two attached hydrogens (primary N) is 1. The van der Waals surface area contributed by atoms with E-state index in [1.807, 2.05) is 0 Å². The van der Waals surface area contributed by atoms with Gasteiger partial charge in [-0.15, -0.1) is 0 Å². The van der Waals surface area contributed by atoms with Crippen LogP contribution in [0.25, 0.3) is 0 Å². The largest absolute Gasteiger partial charge is 0.301 e. The van der Waals surface area contributed by atoms with Crippen LogP contribution in [0, 0.1) is 0 Å². The minimum absolute atomic E-state index is 0.193. The van der Waals surface area contributed by atoms with Gasteiger partial charge in [-0.1, -0.05) is 6.42 Å². The Balaban J connectivity index is 3.54. The van der Waals surface area contributed by atoms with Gasteiger partial charge in [-0.3, -0.25) is 0 Å². The molecule has 0 saturated heterocycles. The third kappa shape index (κ3) is 8.06. The number of hydrogen-bond acceptors (Lipinski definition) is 2. The number of primary sulfonamides is 1. The minimum atomic E-state index is -3.50. The van der Waals surface area contributed by atoms with Gasteiger partial charge in [0.2, 0.25) is 10.0 Å². The zero-order chi connectivity index (χ0) is 11.2. The summed E-state index contributed by atoms with van der Waals surface area (Å²) in [6.07, 6.45) is -1.85. The van der Waals surface area contributed by atoms with Gasteiger partial charge in [-0.2, -0.15) is 8.78 Å². The normalized spacial score (nSPS) is 11.4. The van der Waals surface area contributed by atoms with Crippen molar-refractivity contribution in [1.29, 1.82) is 0 Å². The molecule has 3 nitrogen and oxygen atoms in total.